The van der Waals surface area contributed by atoms with Gasteiger partial charge in [-0.2, -0.15) is 0 Å². The molecule has 1 heterocycles. The summed E-state index contributed by atoms with van der Waals surface area (Å²) < 4.78 is 2.13. The Morgan fingerprint density at radius 3 is 2.57 bits per heavy atom. The van der Waals surface area contributed by atoms with Gasteiger partial charge < -0.3 is 10.3 Å². The molecular weight excluding hydrogens is 282 g/mol. The van der Waals surface area contributed by atoms with Crippen LogP contribution in [-0.4, -0.2) is 16.1 Å². The first-order valence-corrected chi connectivity index (χ1v) is 7.43. The number of fused-ring (bicyclic) bond motifs is 1. The van der Waals surface area contributed by atoms with Crippen LogP contribution in [0.3, 0.4) is 0 Å². The Kier molecular flexibility index (Phi) is 3.95. The largest absolute Gasteiger partial charge is 0.331 e. The molecule has 1 unspecified atom stereocenters. The highest BCUT2D eigenvalue weighted by Crippen LogP contribution is 2.26. The van der Waals surface area contributed by atoms with Crippen molar-refractivity contribution in [2.24, 2.45) is 12.8 Å². The number of aromatic nitrogens is 2. The fraction of sp³-hybridized carbons (Fsp3) is 0.235. The van der Waals surface area contributed by atoms with Crippen LogP contribution in [0.25, 0.3) is 11.0 Å². The van der Waals surface area contributed by atoms with Crippen molar-refractivity contribution in [1.29, 1.82) is 0 Å². The Morgan fingerprint density at radius 1 is 1.14 bits per heavy atom. The number of hydrogen-bond donors (Lipinski definition) is 1. The second kappa shape index (κ2) is 5.88. The highest BCUT2D eigenvalue weighted by atomic mass is 35.5. The average molecular weight is 300 g/mol. The molecule has 0 spiro atoms. The third kappa shape index (κ3) is 2.67. The molecule has 21 heavy (non-hydrogen) atoms. The average Bonchev–Trinajstić information content (AvgIpc) is 2.84. The second-order valence-electron chi connectivity index (χ2n) is 5.25. The summed E-state index contributed by atoms with van der Waals surface area (Å²) in [6.07, 6.45) is 0.799. The normalized spacial score (nSPS) is 12.7. The van der Waals surface area contributed by atoms with Gasteiger partial charge in [-0.15, -0.1) is 0 Å². The van der Waals surface area contributed by atoms with E-state index in [4.69, 9.17) is 22.3 Å². The van der Waals surface area contributed by atoms with Crippen LogP contribution in [0.2, 0.25) is 5.02 Å². The number of nitrogens with two attached hydrogens (primary N) is 1. The van der Waals surface area contributed by atoms with E-state index in [1.807, 2.05) is 49.5 Å². The van der Waals surface area contributed by atoms with E-state index < -0.39 is 0 Å². The van der Waals surface area contributed by atoms with Crippen molar-refractivity contribution in [2.45, 2.75) is 12.3 Å². The summed E-state index contributed by atoms with van der Waals surface area (Å²) in [4.78, 5) is 4.75. The van der Waals surface area contributed by atoms with Crippen molar-refractivity contribution < 1.29 is 0 Å². The predicted molar refractivity (Wildman–Crippen MR) is 87.7 cm³/mol. The number of hydrogen-bond acceptors (Lipinski definition) is 2. The van der Waals surface area contributed by atoms with Gasteiger partial charge in [0.2, 0.25) is 0 Å². The van der Waals surface area contributed by atoms with Crippen LogP contribution in [0.5, 0.6) is 0 Å². The summed E-state index contributed by atoms with van der Waals surface area (Å²) in [5.74, 6) is 1.17. The lowest BCUT2D eigenvalue weighted by Gasteiger charge is -2.15. The van der Waals surface area contributed by atoms with Crippen LogP contribution in [0.15, 0.2) is 48.5 Å². The van der Waals surface area contributed by atoms with E-state index in [-0.39, 0.29) is 5.92 Å². The van der Waals surface area contributed by atoms with Crippen LogP contribution < -0.4 is 5.73 Å². The standard InChI is InChI=1S/C17H18ClN3/c1-21-16-9-5-4-8-15(16)20-17(21)13(11-19)10-12-6-2-3-7-14(12)18/h2-9,13H,10-11,19H2,1H3. The highest BCUT2D eigenvalue weighted by molar-refractivity contribution is 6.31. The summed E-state index contributed by atoms with van der Waals surface area (Å²) in [5.41, 5.74) is 9.25. The van der Waals surface area contributed by atoms with E-state index >= 15 is 0 Å². The maximum Gasteiger partial charge on any atom is 0.114 e. The van der Waals surface area contributed by atoms with Crippen LogP contribution in [0.4, 0.5) is 0 Å². The van der Waals surface area contributed by atoms with E-state index in [2.05, 4.69) is 10.6 Å². The third-order valence-electron chi connectivity index (χ3n) is 3.90. The first-order valence-electron chi connectivity index (χ1n) is 7.05. The molecule has 0 radical (unpaired) electrons. The van der Waals surface area contributed by atoms with E-state index in [0.29, 0.717) is 6.54 Å². The summed E-state index contributed by atoms with van der Waals surface area (Å²) in [5, 5.41) is 0.787. The fourth-order valence-corrected chi connectivity index (χ4v) is 2.95. The number of rotatable bonds is 4. The molecule has 2 N–H and O–H groups in total. The Morgan fingerprint density at radius 2 is 1.86 bits per heavy atom. The van der Waals surface area contributed by atoms with Crippen molar-refractivity contribution in [1.82, 2.24) is 9.55 Å². The molecule has 0 saturated carbocycles. The van der Waals surface area contributed by atoms with Gasteiger partial charge in [-0.05, 0) is 30.2 Å². The van der Waals surface area contributed by atoms with Crippen LogP contribution in [0, 0.1) is 0 Å². The van der Waals surface area contributed by atoms with E-state index in [1.165, 1.54) is 0 Å². The maximum absolute atomic E-state index is 6.26. The lowest BCUT2D eigenvalue weighted by molar-refractivity contribution is 0.623. The quantitative estimate of drug-likeness (QED) is 0.801. The van der Waals surface area contributed by atoms with Gasteiger partial charge in [-0.25, -0.2) is 4.98 Å². The zero-order valence-electron chi connectivity index (χ0n) is 12.0. The molecule has 0 bridgehead atoms. The van der Waals surface area contributed by atoms with Gasteiger partial charge in [-0.3, -0.25) is 0 Å². The number of nitrogens with zero attached hydrogens (tertiary/aromatic N) is 2. The first-order chi connectivity index (χ1) is 10.2. The Bertz CT molecular complexity index is 764. The van der Waals surface area contributed by atoms with Gasteiger partial charge >= 0.3 is 0 Å². The molecule has 3 nitrogen and oxygen atoms in total. The van der Waals surface area contributed by atoms with Crippen molar-refractivity contribution in [2.75, 3.05) is 6.54 Å². The maximum atomic E-state index is 6.26. The molecule has 0 saturated heterocycles. The van der Waals surface area contributed by atoms with E-state index in [1.54, 1.807) is 0 Å². The lowest BCUT2D eigenvalue weighted by atomic mass is 9.98. The van der Waals surface area contributed by atoms with Gasteiger partial charge in [-0.1, -0.05) is 41.9 Å². The summed E-state index contributed by atoms with van der Waals surface area (Å²) in [6.45, 7) is 0.544. The van der Waals surface area contributed by atoms with Crippen LogP contribution in [-0.2, 0) is 13.5 Å². The molecule has 0 aliphatic carbocycles. The Hall–Kier alpha value is -1.84. The number of benzene rings is 2. The number of para-hydroxylation sites is 2. The Labute approximate surface area is 129 Å². The van der Waals surface area contributed by atoms with Crippen molar-refractivity contribution in [3.8, 4) is 0 Å². The van der Waals surface area contributed by atoms with Crippen molar-refractivity contribution >= 4 is 22.6 Å². The molecule has 0 aliphatic rings. The molecule has 0 fully saturated rings. The molecule has 0 aliphatic heterocycles. The molecule has 3 aromatic rings. The van der Waals surface area contributed by atoms with Gasteiger partial charge in [0.1, 0.15) is 5.82 Å². The fourth-order valence-electron chi connectivity index (χ4n) is 2.74. The van der Waals surface area contributed by atoms with E-state index in [9.17, 15) is 0 Å². The lowest BCUT2D eigenvalue weighted by Crippen LogP contribution is -2.18. The molecule has 1 atom stereocenters. The zero-order chi connectivity index (χ0) is 14.8. The minimum atomic E-state index is 0.155. The van der Waals surface area contributed by atoms with Gasteiger partial charge in [0, 0.05) is 24.5 Å². The Balaban J connectivity index is 1.99. The minimum Gasteiger partial charge on any atom is -0.331 e. The third-order valence-corrected chi connectivity index (χ3v) is 4.26. The summed E-state index contributed by atoms with van der Waals surface area (Å²) in [7, 11) is 2.04. The molecule has 4 heteroatoms. The second-order valence-corrected chi connectivity index (χ2v) is 5.65. The van der Waals surface area contributed by atoms with Crippen LogP contribution in [0.1, 0.15) is 17.3 Å². The van der Waals surface area contributed by atoms with Crippen LogP contribution >= 0.6 is 11.6 Å². The zero-order valence-corrected chi connectivity index (χ0v) is 12.7. The number of aryl methyl sites for hydroxylation is 1. The van der Waals surface area contributed by atoms with Gasteiger partial charge in [0.05, 0.1) is 11.0 Å². The first kappa shape index (κ1) is 14.1. The van der Waals surface area contributed by atoms with Gasteiger partial charge in [0.15, 0.2) is 0 Å². The van der Waals surface area contributed by atoms with Crippen molar-refractivity contribution in [3.05, 3.63) is 64.9 Å². The molecule has 108 valence electrons. The SMILES string of the molecule is Cn1c(C(CN)Cc2ccccc2Cl)nc2ccccc21. The summed E-state index contributed by atoms with van der Waals surface area (Å²) >= 11 is 6.26. The number of imidazole rings is 1. The molecular formula is C17H18ClN3. The van der Waals surface area contributed by atoms with Crippen molar-refractivity contribution in [3.63, 3.8) is 0 Å². The molecule has 1 aromatic heterocycles. The molecule has 0 amide bonds. The highest BCUT2D eigenvalue weighted by Gasteiger charge is 2.18. The smallest absolute Gasteiger partial charge is 0.114 e. The summed E-state index contributed by atoms with van der Waals surface area (Å²) in [6, 6.07) is 16.1. The number of halogens is 1. The topological polar surface area (TPSA) is 43.8 Å². The van der Waals surface area contributed by atoms with E-state index in [0.717, 1.165) is 33.9 Å². The molecule has 3 rings (SSSR count). The predicted octanol–water partition coefficient (Wildman–Crippen LogP) is 3.51. The monoisotopic (exact) mass is 299 g/mol. The minimum absolute atomic E-state index is 0.155. The van der Waals surface area contributed by atoms with Gasteiger partial charge in [0.25, 0.3) is 0 Å². The molecule has 2 aromatic carbocycles.